The van der Waals surface area contributed by atoms with E-state index in [4.69, 9.17) is 0 Å². The summed E-state index contributed by atoms with van der Waals surface area (Å²) in [6, 6.07) is 3.28. The van der Waals surface area contributed by atoms with Crippen molar-refractivity contribution < 1.29 is 9.85 Å². The Morgan fingerprint density at radius 3 is 1.07 bits per heavy atom. The lowest BCUT2D eigenvalue weighted by atomic mass is 9.79. The summed E-state index contributed by atoms with van der Waals surface area (Å²) in [6.07, 6.45) is 0. The third-order valence-electron chi connectivity index (χ3n) is 5.29. The minimum atomic E-state index is -0.318. The van der Waals surface area contributed by atoms with Crippen LogP contribution in [0.25, 0.3) is 10.8 Å². The molecular formula is C22H30N2O4. The van der Waals surface area contributed by atoms with Gasteiger partial charge >= 0.3 is 0 Å². The molecule has 2 aromatic carbocycles. The third-order valence-corrected chi connectivity index (χ3v) is 5.29. The van der Waals surface area contributed by atoms with Gasteiger partial charge in [-0.1, -0.05) is 55.4 Å². The molecule has 0 aromatic heterocycles. The highest BCUT2D eigenvalue weighted by Gasteiger charge is 2.31. The van der Waals surface area contributed by atoms with Gasteiger partial charge in [0.25, 0.3) is 11.4 Å². The Morgan fingerprint density at radius 1 is 0.607 bits per heavy atom. The van der Waals surface area contributed by atoms with Crippen LogP contribution in [0.4, 0.5) is 11.4 Å². The average molecular weight is 386 g/mol. The van der Waals surface area contributed by atoms with Crippen molar-refractivity contribution in [1.82, 2.24) is 0 Å². The second kappa shape index (κ2) is 7.86. The number of fused-ring (bicyclic) bond motifs is 1. The largest absolute Gasteiger partial charge is 0.273 e. The molecule has 28 heavy (non-hydrogen) atoms. The summed E-state index contributed by atoms with van der Waals surface area (Å²) in [4.78, 5) is 23.2. The molecule has 0 unspecified atom stereocenters. The molecule has 0 amide bonds. The van der Waals surface area contributed by atoms with Crippen LogP contribution in [-0.4, -0.2) is 9.85 Å². The first-order chi connectivity index (χ1) is 12.9. The lowest BCUT2D eigenvalue weighted by molar-refractivity contribution is -0.386. The van der Waals surface area contributed by atoms with Gasteiger partial charge in [-0.25, -0.2) is 0 Å². The fraction of sp³-hybridized carbons (Fsp3) is 0.545. The summed E-state index contributed by atoms with van der Waals surface area (Å²) in [7, 11) is 0. The smallest absolute Gasteiger partial charge is 0.258 e. The van der Waals surface area contributed by atoms with E-state index in [2.05, 4.69) is 0 Å². The third kappa shape index (κ3) is 3.60. The van der Waals surface area contributed by atoms with Crippen molar-refractivity contribution in [3.8, 4) is 0 Å². The van der Waals surface area contributed by atoms with Crippen LogP contribution in [0.2, 0.25) is 0 Å². The van der Waals surface area contributed by atoms with Crippen LogP contribution in [0.5, 0.6) is 0 Å². The maximum atomic E-state index is 11.9. The molecular weight excluding hydrogens is 356 g/mol. The molecule has 152 valence electrons. The number of nitro benzene ring substituents is 2. The molecule has 0 N–H and O–H groups in total. The predicted octanol–water partition coefficient (Wildman–Crippen LogP) is 7.15. The number of rotatable bonds is 6. The van der Waals surface area contributed by atoms with E-state index in [1.165, 1.54) is 0 Å². The molecule has 0 aliphatic rings. The minimum absolute atomic E-state index is 0.00179. The van der Waals surface area contributed by atoms with Gasteiger partial charge < -0.3 is 0 Å². The minimum Gasteiger partial charge on any atom is -0.258 e. The first-order valence-corrected chi connectivity index (χ1v) is 9.86. The van der Waals surface area contributed by atoms with Crippen LogP contribution in [0.1, 0.15) is 101 Å². The van der Waals surface area contributed by atoms with Crippen molar-refractivity contribution in [2.24, 2.45) is 0 Å². The van der Waals surface area contributed by atoms with Crippen LogP contribution < -0.4 is 0 Å². The Hall–Kier alpha value is -2.50. The zero-order chi connectivity index (χ0) is 21.5. The summed E-state index contributed by atoms with van der Waals surface area (Å²) in [5.41, 5.74) is 3.17. The number of nitrogens with zero attached hydrogens (tertiary/aromatic N) is 2. The topological polar surface area (TPSA) is 86.3 Å². The molecule has 0 radical (unpaired) electrons. The monoisotopic (exact) mass is 386 g/mol. The molecule has 0 fully saturated rings. The summed E-state index contributed by atoms with van der Waals surface area (Å²) in [6.45, 7) is 15.7. The van der Waals surface area contributed by atoms with Gasteiger partial charge in [0.15, 0.2) is 0 Å². The summed E-state index contributed by atoms with van der Waals surface area (Å²) in [5, 5.41) is 25.5. The van der Waals surface area contributed by atoms with Crippen LogP contribution in [0, 0.1) is 20.2 Å². The quantitative estimate of drug-likeness (QED) is 0.389. The van der Waals surface area contributed by atoms with Crippen molar-refractivity contribution in [3.05, 3.63) is 54.6 Å². The Morgan fingerprint density at radius 2 is 0.893 bits per heavy atom. The van der Waals surface area contributed by atoms with Gasteiger partial charge in [0.2, 0.25) is 0 Å². The van der Waals surface area contributed by atoms with Crippen molar-refractivity contribution in [2.45, 2.75) is 79.1 Å². The standard InChI is InChI=1S/C22H30N2O4/c1-11(2)15-9-17(23(25)26)20(14(7)8)22-16(12(3)4)10-18(24(27)28)19(13(5)6)21(15)22/h9-14H,1-8H3. The van der Waals surface area contributed by atoms with E-state index >= 15 is 0 Å². The van der Waals surface area contributed by atoms with E-state index in [1.807, 2.05) is 55.4 Å². The maximum Gasteiger partial charge on any atom is 0.273 e. The van der Waals surface area contributed by atoms with Gasteiger partial charge in [0, 0.05) is 23.3 Å². The first kappa shape index (κ1) is 21.8. The van der Waals surface area contributed by atoms with Gasteiger partial charge in [-0.15, -0.1) is 0 Å². The van der Waals surface area contributed by atoms with Gasteiger partial charge in [0.05, 0.1) is 9.85 Å². The summed E-state index contributed by atoms with van der Waals surface area (Å²) >= 11 is 0. The number of nitro groups is 2. The number of hydrogen-bond donors (Lipinski definition) is 0. The van der Waals surface area contributed by atoms with E-state index < -0.39 is 0 Å². The Kier molecular flexibility index (Phi) is 6.12. The Bertz CT molecular complexity index is 866. The van der Waals surface area contributed by atoms with E-state index in [0.717, 1.165) is 21.9 Å². The maximum absolute atomic E-state index is 11.9. The summed E-state index contributed by atoms with van der Waals surface area (Å²) < 4.78 is 0. The number of hydrogen-bond acceptors (Lipinski definition) is 4. The zero-order valence-corrected chi connectivity index (χ0v) is 18.0. The lowest BCUT2D eigenvalue weighted by Crippen LogP contribution is -2.09. The molecule has 0 aliphatic carbocycles. The van der Waals surface area contributed by atoms with E-state index in [0.29, 0.717) is 11.1 Å². The molecule has 0 heterocycles. The molecule has 2 aromatic rings. The molecule has 6 nitrogen and oxygen atoms in total. The first-order valence-electron chi connectivity index (χ1n) is 9.86. The second-order valence-electron chi connectivity index (χ2n) is 8.68. The van der Waals surface area contributed by atoms with Crippen LogP contribution in [0.3, 0.4) is 0 Å². The normalized spacial score (nSPS) is 12.0. The van der Waals surface area contributed by atoms with Crippen LogP contribution in [0.15, 0.2) is 12.1 Å². The molecule has 0 spiro atoms. The molecule has 6 heteroatoms. The fourth-order valence-corrected chi connectivity index (χ4v) is 4.10. The van der Waals surface area contributed by atoms with Crippen LogP contribution in [-0.2, 0) is 0 Å². The fourth-order valence-electron chi connectivity index (χ4n) is 4.10. The highest BCUT2D eigenvalue weighted by atomic mass is 16.6. The highest BCUT2D eigenvalue weighted by Crippen LogP contribution is 2.47. The summed E-state index contributed by atoms with van der Waals surface area (Å²) in [5.74, 6) is -0.157. The molecule has 0 atom stereocenters. The van der Waals surface area contributed by atoms with Crippen molar-refractivity contribution in [1.29, 1.82) is 0 Å². The van der Waals surface area contributed by atoms with Gasteiger partial charge in [-0.05, 0) is 45.6 Å². The van der Waals surface area contributed by atoms with Crippen LogP contribution >= 0.6 is 0 Å². The van der Waals surface area contributed by atoms with E-state index in [1.54, 1.807) is 12.1 Å². The lowest BCUT2D eigenvalue weighted by Gasteiger charge is -2.24. The highest BCUT2D eigenvalue weighted by molar-refractivity contribution is 6.00. The molecule has 2 rings (SSSR count). The zero-order valence-electron chi connectivity index (χ0n) is 18.0. The van der Waals surface area contributed by atoms with Gasteiger partial charge in [0.1, 0.15) is 0 Å². The second-order valence-corrected chi connectivity index (χ2v) is 8.68. The van der Waals surface area contributed by atoms with E-state index in [-0.39, 0.29) is 44.9 Å². The van der Waals surface area contributed by atoms with Crippen molar-refractivity contribution in [3.63, 3.8) is 0 Å². The van der Waals surface area contributed by atoms with Crippen molar-refractivity contribution >= 4 is 22.1 Å². The Balaban J connectivity index is 3.36. The SMILES string of the molecule is CC(C)c1cc([N+](=O)[O-])c(C(C)C)c2c(C(C)C)cc([N+](=O)[O-])c(C(C)C)c12. The van der Waals surface area contributed by atoms with Gasteiger partial charge in [-0.2, -0.15) is 0 Å². The average Bonchev–Trinajstić information content (AvgIpc) is 2.57. The Labute approximate surface area is 166 Å². The van der Waals surface area contributed by atoms with E-state index in [9.17, 15) is 20.2 Å². The van der Waals surface area contributed by atoms with Gasteiger partial charge in [-0.3, -0.25) is 20.2 Å². The predicted molar refractivity (Wildman–Crippen MR) is 114 cm³/mol. The molecule has 0 saturated carbocycles. The molecule has 0 aliphatic heterocycles. The number of benzene rings is 2. The molecule has 0 bridgehead atoms. The molecule has 0 saturated heterocycles. The van der Waals surface area contributed by atoms with Crippen molar-refractivity contribution in [2.75, 3.05) is 0 Å².